The zero-order chi connectivity index (χ0) is 17.9. The summed E-state index contributed by atoms with van der Waals surface area (Å²) in [4.78, 5) is 12.2. The molecule has 0 spiro atoms. The van der Waals surface area contributed by atoms with Gasteiger partial charge >= 0.3 is 0 Å². The zero-order valence-corrected chi connectivity index (χ0v) is 15.0. The summed E-state index contributed by atoms with van der Waals surface area (Å²) >= 11 is 0. The fraction of sp³-hybridized carbons (Fsp3) is 0.375. The molecule has 0 saturated carbocycles. The van der Waals surface area contributed by atoms with E-state index in [1.54, 1.807) is 12.1 Å². The number of sulfonamides is 1. The number of aryl methyl sites for hydroxylation is 2. The molecule has 0 aliphatic carbocycles. The van der Waals surface area contributed by atoms with Crippen molar-refractivity contribution in [2.75, 3.05) is 19.4 Å². The van der Waals surface area contributed by atoms with E-state index < -0.39 is 10.0 Å². The maximum Gasteiger partial charge on any atom is 0.242 e. The van der Waals surface area contributed by atoms with Crippen LogP contribution in [0.2, 0.25) is 0 Å². The molecule has 0 unspecified atom stereocenters. The number of hydrogen-bond acceptors (Lipinski definition) is 5. The van der Waals surface area contributed by atoms with Crippen molar-refractivity contribution in [2.45, 2.75) is 31.6 Å². The molecular formula is C16H21N3O4S. The van der Waals surface area contributed by atoms with E-state index in [2.05, 4.69) is 10.5 Å². The molecule has 1 amide bonds. The lowest BCUT2D eigenvalue weighted by Crippen LogP contribution is -2.22. The number of aromatic nitrogens is 1. The van der Waals surface area contributed by atoms with Crippen LogP contribution in [0, 0.1) is 13.8 Å². The van der Waals surface area contributed by atoms with Gasteiger partial charge in [0.1, 0.15) is 5.76 Å². The van der Waals surface area contributed by atoms with Crippen molar-refractivity contribution >= 4 is 21.6 Å². The standard InChI is InChI=1S/C16H21N3O4S/c1-11-15(12(2)23-18-11)8-9-16(20)17-13-6-5-7-14(10-13)24(21,22)19(3)4/h5-7,10H,8-9H2,1-4H3,(H,17,20). The molecule has 2 rings (SSSR count). The van der Waals surface area contributed by atoms with E-state index in [1.165, 1.54) is 26.2 Å². The van der Waals surface area contributed by atoms with Crippen LogP contribution in [0.3, 0.4) is 0 Å². The van der Waals surface area contributed by atoms with Gasteiger partial charge in [-0.1, -0.05) is 11.2 Å². The Morgan fingerprint density at radius 1 is 1.29 bits per heavy atom. The second-order valence-corrected chi connectivity index (χ2v) is 7.82. The largest absolute Gasteiger partial charge is 0.361 e. The fourth-order valence-corrected chi connectivity index (χ4v) is 3.21. The average Bonchev–Trinajstić information content (AvgIpc) is 2.84. The van der Waals surface area contributed by atoms with Gasteiger partial charge in [0.05, 0.1) is 10.6 Å². The predicted molar refractivity (Wildman–Crippen MR) is 90.2 cm³/mol. The molecule has 0 atom stereocenters. The molecule has 0 fully saturated rings. The van der Waals surface area contributed by atoms with E-state index >= 15 is 0 Å². The van der Waals surface area contributed by atoms with Crippen molar-refractivity contribution in [2.24, 2.45) is 0 Å². The quantitative estimate of drug-likeness (QED) is 0.860. The fourth-order valence-electron chi connectivity index (χ4n) is 2.27. The van der Waals surface area contributed by atoms with Crippen molar-refractivity contribution in [1.29, 1.82) is 0 Å². The lowest BCUT2D eigenvalue weighted by Gasteiger charge is -2.12. The molecule has 0 saturated heterocycles. The Balaban J connectivity index is 2.05. The molecule has 1 aromatic carbocycles. The van der Waals surface area contributed by atoms with Crippen LogP contribution in [0.25, 0.3) is 0 Å². The van der Waals surface area contributed by atoms with Gasteiger partial charge in [0, 0.05) is 31.8 Å². The van der Waals surface area contributed by atoms with Crippen molar-refractivity contribution in [3.63, 3.8) is 0 Å². The summed E-state index contributed by atoms with van der Waals surface area (Å²) in [6, 6.07) is 6.20. The van der Waals surface area contributed by atoms with Crippen molar-refractivity contribution < 1.29 is 17.7 Å². The first kappa shape index (κ1) is 18.2. The van der Waals surface area contributed by atoms with E-state index in [-0.39, 0.29) is 17.2 Å². The molecule has 0 aliphatic rings. The van der Waals surface area contributed by atoms with Crippen LogP contribution in [-0.4, -0.2) is 37.9 Å². The average molecular weight is 351 g/mol. The van der Waals surface area contributed by atoms with E-state index in [9.17, 15) is 13.2 Å². The first-order valence-electron chi connectivity index (χ1n) is 7.46. The number of amides is 1. The van der Waals surface area contributed by atoms with Crippen LogP contribution < -0.4 is 5.32 Å². The smallest absolute Gasteiger partial charge is 0.242 e. The van der Waals surface area contributed by atoms with Gasteiger partial charge in [0.15, 0.2) is 0 Å². The lowest BCUT2D eigenvalue weighted by molar-refractivity contribution is -0.116. The molecule has 130 valence electrons. The molecule has 8 heteroatoms. The summed E-state index contributed by atoms with van der Waals surface area (Å²) in [7, 11) is -0.608. The maximum absolute atomic E-state index is 12.1. The van der Waals surface area contributed by atoms with Crippen LogP contribution in [0.15, 0.2) is 33.7 Å². The SMILES string of the molecule is Cc1noc(C)c1CCC(=O)Nc1cccc(S(=O)(=O)N(C)C)c1. The number of carbonyl (C=O) groups excluding carboxylic acids is 1. The molecule has 1 N–H and O–H groups in total. The Morgan fingerprint density at radius 2 is 2.00 bits per heavy atom. The van der Waals surface area contributed by atoms with E-state index in [0.717, 1.165) is 15.6 Å². The van der Waals surface area contributed by atoms with Gasteiger partial charge in [-0.2, -0.15) is 0 Å². The Hall–Kier alpha value is -2.19. The Bertz CT molecular complexity index is 821. The van der Waals surface area contributed by atoms with Gasteiger partial charge in [-0.15, -0.1) is 0 Å². The first-order valence-corrected chi connectivity index (χ1v) is 8.90. The van der Waals surface area contributed by atoms with Crippen LogP contribution in [0.5, 0.6) is 0 Å². The number of rotatable bonds is 6. The van der Waals surface area contributed by atoms with Crippen LogP contribution in [-0.2, 0) is 21.2 Å². The highest BCUT2D eigenvalue weighted by atomic mass is 32.2. The third-order valence-corrected chi connectivity index (χ3v) is 5.49. The minimum Gasteiger partial charge on any atom is -0.361 e. The van der Waals surface area contributed by atoms with E-state index in [0.29, 0.717) is 17.9 Å². The molecule has 0 bridgehead atoms. The van der Waals surface area contributed by atoms with E-state index in [1.807, 2.05) is 13.8 Å². The normalized spacial score (nSPS) is 11.7. The van der Waals surface area contributed by atoms with Crippen LogP contribution in [0.4, 0.5) is 5.69 Å². The lowest BCUT2D eigenvalue weighted by atomic mass is 10.1. The van der Waals surface area contributed by atoms with Gasteiger partial charge in [0.2, 0.25) is 15.9 Å². The highest BCUT2D eigenvalue weighted by Gasteiger charge is 2.18. The Kier molecular flexibility index (Phi) is 5.40. The summed E-state index contributed by atoms with van der Waals surface area (Å²) in [6.07, 6.45) is 0.774. The van der Waals surface area contributed by atoms with E-state index in [4.69, 9.17) is 4.52 Å². The van der Waals surface area contributed by atoms with Crippen molar-refractivity contribution in [3.05, 3.63) is 41.3 Å². The first-order chi connectivity index (χ1) is 11.2. The van der Waals surface area contributed by atoms with Crippen LogP contribution in [0.1, 0.15) is 23.4 Å². The van der Waals surface area contributed by atoms with Gasteiger partial charge in [-0.25, -0.2) is 12.7 Å². The Morgan fingerprint density at radius 3 is 2.58 bits per heavy atom. The predicted octanol–water partition coefficient (Wildman–Crippen LogP) is 2.11. The second-order valence-electron chi connectivity index (χ2n) is 5.67. The molecule has 0 radical (unpaired) electrons. The van der Waals surface area contributed by atoms with Crippen molar-refractivity contribution in [1.82, 2.24) is 9.46 Å². The molecule has 1 heterocycles. The summed E-state index contributed by atoms with van der Waals surface area (Å²) in [5, 5.41) is 6.58. The number of nitrogens with one attached hydrogen (secondary N) is 1. The third kappa shape index (κ3) is 4.01. The number of nitrogens with zero attached hydrogens (tertiary/aromatic N) is 2. The molecule has 7 nitrogen and oxygen atoms in total. The summed E-state index contributed by atoms with van der Waals surface area (Å²) in [5.74, 6) is 0.508. The summed E-state index contributed by atoms with van der Waals surface area (Å²) in [6.45, 7) is 3.64. The maximum atomic E-state index is 12.1. The molecule has 2 aromatic rings. The topological polar surface area (TPSA) is 92.5 Å². The Labute approximate surface area is 141 Å². The minimum atomic E-state index is -3.53. The highest BCUT2D eigenvalue weighted by molar-refractivity contribution is 7.89. The molecular weight excluding hydrogens is 330 g/mol. The molecule has 1 aromatic heterocycles. The second kappa shape index (κ2) is 7.14. The molecule has 0 aliphatic heterocycles. The number of anilines is 1. The molecule has 24 heavy (non-hydrogen) atoms. The minimum absolute atomic E-state index is 0.135. The van der Waals surface area contributed by atoms with Gasteiger partial charge < -0.3 is 9.84 Å². The number of carbonyl (C=O) groups is 1. The third-order valence-electron chi connectivity index (χ3n) is 3.68. The van der Waals surface area contributed by atoms with Gasteiger partial charge in [0.25, 0.3) is 0 Å². The number of hydrogen-bond donors (Lipinski definition) is 1. The highest BCUT2D eigenvalue weighted by Crippen LogP contribution is 2.19. The van der Waals surface area contributed by atoms with Crippen molar-refractivity contribution in [3.8, 4) is 0 Å². The monoisotopic (exact) mass is 351 g/mol. The summed E-state index contributed by atoms with van der Waals surface area (Å²) in [5.41, 5.74) is 2.15. The van der Waals surface area contributed by atoms with Gasteiger partial charge in [-0.05, 0) is 38.5 Å². The zero-order valence-electron chi connectivity index (χ0n) is 14.2. The number of benzene rings is 1. The summed E-state index contributed by atoms with van der Waals surface area (Å²) < 4.78 is 30.4. The van der Waals surface area contributed by atoms with Crippen LogP contribution >= 0.6 is 0 Å². The van der Waals surface area contributed by atoms with Gasteiger partial charge in [-0.3, -0.25) is 4.79 Å².